The van der Waals surface area contributed by atoms with Gasteiger partial charge >= 0.3 is 0 Å². The number of benzene rings is 1. The average Bonchev–Trinajstić information content (AvgIpc) is 3.41. The highest BCUT2D eigenvalue weighted by Gasteiger charge is 2.38. The predicted molar refractivity (Wildman–Crippen MR) is 117 cm³/mol. The molecule has 1 saturated carbocycles. The van der Waals surface area contributed by atoms with E-state index < -0.39 is 0 Å². The molecule has 4 nitrogen and oxygen atoms in total. The van der Waals surface area contributed by atoms with Crippen molar-refractivity contribution in [1.29, 1.82) is 0 Å². The Hall–Kier alpha value is -2.14. The summed E-state index contributed by atoms with van der Waals surface area (Å²) in [5.41, 5.74) is 3.63. The van der Waals surface area contributed by atoms with E-state index in [-0.39, 0.29) is 30.4 Å². The summed E-state index contributed by atoms with van der Waals surface area (Å²) < 4.78 is 0. The van der Waals surface area contributed by atoms with Gasteiger partial charge < -0.3 is 9.80 Å². The topological polar surface area (TPSA) is 40.6 Å². The molecule has 2 aliphatic rings. The summed E-state index contributed by atoms with van der Waals surface area (Å²) in [6.07, 6.45) is 3.45. The van der Waals surface area contributed by atoms with Crippen LogP contribution in [0.5, 0.6) is 0 Å². The Balaban J connectivity index is 1.61. The van der Waals surface area contributed by atoms with E-state index in [9.17, 15) is 9.59 Å². The van der Waals surface area contributed by atoms with Gasteiger partial charge in [-0.05, 0) is 60.2 Å². The van der Waals surface area contributed by atoms with Crippen LogP contribution < -0.4 is 0 Å². The Bertz CT molecular complexity index is 900. The van der Waals surface area contributed by atoms with Gasteiger partial charge in [-0.25, -0.2) is 0 Å². The largest absolute Gasteiger partial charge is 0.330 e. The van der Waals surface area contributed by atoms with Gasteiger partial charge in [-0.3, -0.25) is 9.59 Å². The van der Waals surface area contributed by atoms with Crippen molar-refractivity contribution < 1.29 is 9.59 Å². The number of carbonyl (C=O) groups excluding carboxylic acids is 2. The van der Waals surface area contributed by atoms with Crippen LogP contribution in [-0.2, 0) is 16.0 Å². The highest BCUT2D eigenvalue weighted by atomic mass is 32.1. The van der Waals surface area contributed by atoms with Crippen molar-refractivity contribution in [1.82, 2.24) is 9.80 Å². The van der Waals surface area contributed by atoms with E-state index in [0.717, 1.165) is 19.3 Å². The smallest absolute Gasteiger partial charge is 0.243 e. The number of amides is 2. The van der Waals surface area contributed by atoms with E-state index in [4.69, 9.17) is 0 Å². The van der Waals surface area contributed by atoms with Crippen molar-refractivity contribution in [3.05, 3.63) is 57.3 Å². The molecule has 154 valence electrons. The summed E-state index contributed by atoms with van der Waals surface area (Å²) >= 11 is 1.78. The van der Waals surface area contributed by atoms with E-state index in [1.807, 2.05) is 21.9 Å². The van der Waals surface area contributed by atoms with Crippen LogP contribution in [0.4, 0.5) is 0 Å². The molecule has 29 heavy (non-hydrogen) atoms. The number of hydrogen-bond donors (Lipinski definition) is 0. The number of rotatable bonds is 6. The highest BCUT2D eigenvalue weighted by molar-refractivity contribution is 7.10. The molecule has 0 radical (unpaired) electrons. The van der Waals surface area contributed by atoms with Crippen LogP contribution in [0.15, 0.2) is 35.7 Å². The SMILES string of the molecule is Cc1ccccc1[C@H]1c2ccsc2CCN1C(=O)CN(C(=O)CC(C)C)C1CC1. The summed E-state index contributed by atoms with van der Waals surface area (Å²) in [4.78, 5) is 31.5. The van der Waals surface area contributed by atoms with Gasteiger partial charge in [0.15, 0.2) is 0 Å². The lowest BCUT2D eigenvalue weighted by Gasteiger charge is -2.38. The van der Waals surface area contributed by atoms with Gasteiger partial charge in [0, 0.05) is 23.9 Å². The van der Waals surface area contributed by atoms with Crippen molar-refractivity contribution in [2.24, 2.45) is 5.92 Å². The van der Waals surface area contributed by atoms with Crippen molar-refractivity contribution in [3.63, 3.8) is 0 Å². The molecular formula is C24H30N2O2S. The average molecular weight is 411 g/mol. The molecule has 2 aromatic rings. The Labute approximate surface area is 177 Å². The first kappa shape index (κ1) is 20.1. The van der Waals surface area contributed by atoms with Gasteiger partial charge in [-0.1, -0.05) is 38.1 Å². The molecule has 0 saturated heterocycles. The summed E-state index contributed by atoms with van der Waals surface area (Å²) in [6, 6.07) is 10.7. The molecule has 4 rings (SSSR count). The van der Waals surface area contributed by atoms with Gasteiger partial charge in [-0.15, -0.1) is 11.3 Å². The minimum atomic E-state index is -0.0556. The molecule has 0 N–H and O–H groups in total. The number of thiophene rings is 1. The van der Waals surface area contributed by atoms with Crippen LogP contribution in [0.3, 0.4) is 0 Å². The summed E-state index contributed by atoms with van der Waals surface area (Å²) in [5.74, 6) is 0.498. The van der Waals surface area contributed by atoms with E-state index in [2.05, 4.69) is 44.4 Å². The Morgan fingerprint density at radius 2 is 1.93 bits per heavy atom. The van der Waals surface area contributed by atoms with E-state index in [0.29, 0.717) is 18.9 Å². The van der Waals surface area contributed by atoms with E-state index in [1.54, 1.807) is 11.3 Å². The molecule has 0 spiro atoms. The monoisotopic (exact) mass is 410 g/mol. The van der Waals surface area contributed by atoms with Crippen molar-refractivity contribution in [2.45, 2.75) is 58.5 Å². The van der Waals surface area contributed by atoms with Gasteiger partial charge in [-0.2, -0.15) is 0 Å². The maximum Gasteiger partial charge on any atom is 0.243 e. The second kappa shape index (κ2) is 8.31. The Morgan fingerprint density at radius 1 is 1.17 bits per heavy atom. The standard InChI is InChI=1S/C24H30N2O2S/c1-16(2)14-22(27)26(18-8-9-18)15-23(28)25-12-10-21-20(11-13-29-21)24(25)19-7-5-4-6-17(19)3/h4-7,11,13,16,18,24H,8-10,12,14-15H2,1-3H3/t24-/m0/s1. The molecule has 0 bridgehead atoms. The molecule has 1 aromatic carbocycles. The maximum absolute atomic E-state index is 13.5. The summed E-state index contributed by atoms with van der Waals surface area (Å²) in [7, 11) is 0. The number of aryl methyl sites for hydroxylation is 1. The highest BCUT2D eigenvalue weighted by Crippen LogP contribution is 2.39. The molecule has 1 fully saturated rings. The molecule has 2 amide bonds. The number of fused-ring (bicyclic) bond motifs is 1. The third kappa shape index (κ3) is 4.25. The van der Waals surface area contributed by atoms with Crippen molar-refractivity contribution in [3.8, 4) is 0 Å². The van der Waals surface area contributed by atoms with Crippen LogP contribution in [-0.4, -0.2) is 40.7 Å². The van der Waals surface area contributed by atoms with Crippen LogP contribution >= 0.6 is 11.3 Å². The van der Waals surface area contributed by atoms with Crippen molar-refractivity contribution >= 4 is 23.2 Å². The zero-order chi connectivity index (χ0) is 20.5. The molecule has 0 unspecified atom stereocenters. The van der Waals surface area contributed by atoms with Crippen LogP contribution in [0, 0.1) is 12.8 Å². The zero-order valence-corrected chi connectivity index (χ0v) is 18.4. The normalized spacial score (nSPS) is 18.6. The minimum absolute atomic E-state index is 0.0556. The van der Waals surface area contributed by atoms with Gasteiger partial charge in [0.1, 0.15) is 6.54 Å². The van der Waals surface area contributed by atoms with E-state index in [1.165, 1.54) is 21.6 Å². The fourth-order valence-corrected chi connectivity index (χ4v) is 5.23. The van der Waals surface area contributed by atoms with Crippen LogP contribution in [0.25, 0.3) is 0 Å². The first-order chi connectivity index (χ1) is 14.0. The molecule has 1 aromatic heterocycles. The van der Waals surface area contributed by atoms with E-state index >= 15 is 0 Å². The molecule has 1 atom stereocenters. The van der Waals surface area contributed by atoms with Gasteiger partial charge in [0.25, 0.3) is 0 Å². The minimum Gasteiger partial charge on any atom is -0.330 e. The quantitative estimate of drug-likeness (QED) is 0.700. The first-order valence-electron chi connectivity index (χ1n) is 10.7. The lowest BCUT2D eigenvalue weighted by atomic mass is 9.90. The number of nitrogens with zero attached hydrogens (tertiary/aromatic N) is 2. The Morgan fingerprint density at radius 3 is 2.62 bits per heavy atom. The maximum atomic E-state index is 13.5. The lowest BCUT2D eigenvalue weighted by molar-refractivity contribution is -0.142. The van der Waals surface area contributed by atoms with Crippen LogP contribution in [0.1, 0.15) is 60.7 Å². The lowest BCUT2D eigenvalue weighted by Crippen LogP contribution is -2.47. The van der Waals surface area contributed by atoms with Gasteiger partial charge in [0.2, 0.25) is 11.8 Å². The zero-order valence-electron chi connectivity index (χ0n) is 17.6. The summed E-state index contributed by atoms with van der Waals surface area (Å²) in [6.45, 7) is 7.14. The second-order valence-corrected chi connectivity index (χ2v) is 9.75. The predicted octanol–water partition coefficient (Wildman–Crippen LogP) is 4.57. The Kier molecular flexibility index (Phi) is 5.77. The van der Waals surface area contributed by atoms with Gasteiger partial charge in [0.05, 0.1) is 6.04 Å². The number of carbonyl (C=O) groups is 2. The van der Waals surface area contributed by atoms with Crippen molar-refractivity contribution in [2.75, 3.05) is 13.1 Å². The first-order valence-corrected chi connectivity index (χ1v) is 11.5. The molecule has 1 aliphatic carbocycles. The fourth-order valence-electron chi connectivity index (χ4n) is 4.32. The third-order valence-corrected chi connectivity index (χ3v) is 6.96. The molecule has 2 heterocycles. The number of hydrogen-bond acceptors (Lipinski definition) is 3. The molecule has 1 aliphatic heterocycles. The second-order valence-electron chi connectivity index (χ2n) is 8.75. The summed E-state index contributed by atoms with van der Waals surface area (Å²) in [5, 5.41) is 2.13. The molecule has 5 heteroatoms. The third-order valence-electron chi connectivity index (χ3n) is 5.97. The fraction of sp³-hybridized carbons (Fsp3) is 0.500. The molecular weight excluding hydrogens is 380 g/mol. The van der Waals surface area contributed by atoms with Crippen LogP contribution in [0.2, 0.25) is 0 Å².